The second-order valence-corrected chi connectivity index (χ2v) is 5.65. The maximum Gasteiger partial charge on any atom is 0.133 e. The molecule has 0 bridgehead atoms. The molecular weight excluding hydrogens is 294 g/mol. The fourth-order valence-electron chi connectivity index (χ4n) is 2.28. The van der Waals surface area contributed by atoms with Crippen molar-refractivity contribution in [2.45, 2.75) is 25.6 Å². The van der Waals surface area contributed by atoms with Gasteiger partial charge in [0, 0.05) is 0 Å². The maximum atomic E-state index is 5.88. The minimum atomic E-state index is 0.434. The highest BCUT2D eigenvalue weighted by molar-refractivity contribution is 9.10. The lowest BCUT2D eigenvalue weighted by atomic mass is 9.82. The molecular formula is C14H20BrNO2. The van der Waals surface area contributed by atoms with Gasteiger partial charge in [0.25, 0.3) is 0 Å². The van der Waals surface area contributed by atoms with Crippen LogP contribution in [0.4, 0.5) is 0 Å². The van der Waals surface area contributed by atoms with Crippen molar-refractivity contribution in [3.05, 3.63) is 28.2 Å². The van der Waals surface area contributed by atoms with Crippen molar-refractivity contribution in [3.8, 4) is 5.75 Å². The van der Waals surface area contributed by atoms with Crippen LogP contribution >= 0.6 is 15.9 Å². The van der Waals surface area contributed by atoms with Gasteiger partial charge in [-0.1, -0.05) is 6.07 Å². The van der Waals surface area contributed by atoms with Crippen molar-refractivity contribution >= 4 is 15.9 Å². The van der Waals surface area contributed by atoms with Crippen LogP contribution in [0.5, 0.6) is 5.75 Å². The number of methoxy groups -OCH3 is 1. The van der Waals surface area contributed by atoms with E-state index in [1.54, 1.807) is 7.11 Å². The molecule has 0 aromatic heterocycles. The smallest absolute Gasteiger partial charge is 0.133 e. The quantitative estimate of drug-likeness (QED) is 0.876. The lowest BCUT2D eigenvalue weighted by molar-refractivity contribution is -0.0391. The summed E-state index contributed by atoms with van der Waals surface area (Å²) >= 11 is 3.49. The van der Waals surface area contributed by atoms with E-state index >= 15 is 0 Å². The minimum absolute atomic E-state index is 0.434. The van der Waals surface area contributed by atoms with E-state index in [-0.39, 0.29) is 0 Å². The van der Waals surface area contributed by atoms with Crippen LogP contribution in [-0.2, 0) is 11.3 Å². The Hall–Kier alpha value is -0.580. The van der Waals surface area contributed by atoms with E-state index in [1.165, 1.54) is 18.4 Å². The number of hydrogen-bond donors (Lipinski definition) is 1. The normalized spacial score (nSPS) is 22.6. The summed E-state index contributed by atoms with van der Waals surface area (Å²) < 4.78 is 12.1. The first kappa shape index (κ1) is 13.8. The van der Waals surface area contributed by atoms with Gasteiger partial charge >= 0.3 is 0 Å². The van der Waals surface area contributed by atoms with Gasteiger partial charge in [-0.2, -0.15) is 0 Å². The molecule has 0 saturated heterocycles. The van der Waals surface area contributed by atoms with Crippen molar-refractivity contribution < 1.29 is 9.47 Å². The molecule has 1 saturated carbocycles. The van der Waals surface area contributed by atoms with Crippen LogP contribution in [0.25, 0.3) is 0 Å². The molecule has 0 aliphatic heterocycles. The Morgan fingerprint density at radius 3 is 2.78 bits per heavy atom. The van der Waals surface area contributed by atoms with E-state index < -0.39 is 0 Å². The number of halogens is 1. The van der Waals surface area contributed by atoms with Gasteiger partial charge < -0.3 is 14.8 Å². The molecule has 0 amide bonds. The van der Waals surface area contributed by atoms with Crippen molar-refractivity contribution in [1.82, 2.24) is 5.32 Å². The molecule has 0 radical (unpaired) electrons. The Morgan fingerprint density at radius 2 is 2.17 bits per heavy atom. The van der Waals surface area contributed by atoms with Gasteiger partial charge in [-0.3, -0.25) is 0 Å². The molecule has 1 fully saturated rings. The number of hydrogen-bond acceptors (Lipinski definition) is 3. The van der Waals surface area contributed by atoms with Crippen LogP contribution in [0, 0.1) is 5.92 Å². The number of benzene rings is 1. The fraction of sp³-hybridized carbons (Fsp3) is 0.571. The molecule has 1 N–H and O–H groups in total. The molecule has 0 unspecified atom stereocenters. The van der Waals surface area contributed by atoms with Crippen LogP contribution in [0.1, 0.15) is 18.4 Å². The summed E-state index contributed by atoms with van der Waals surface area (Å²) in [7, 11) is 3.68. The van der Waals surface area contributed by atoms with Crippen LogP contribution in [-0.4, -0.2) is 26.8 Å². The molecule has 2 rings (SSSR count). The Labute approximate surface area is 117 Å². The molecule has 1 aromatic carbocycles. The highest BCUT2D eigenvalue weighted by Crippen LogP contribution is 2.31. The van der Waals surface area contributed by atoms with Gasteiger partial charge in [-0.25, -0.2) is 0 Å². The fourth-order valence-corrected chi connectivity index (χ4v) is 2.87. The maximum absolute atomic E-state index is 5.88. The summed E-state index contributed by atoms with van der Waals surface area (Å²) in [6, 6.07) is 6.07. The molecule has 1 aromatic rings. The Balaban J connectivity index is 1.76. The molecule has 0 heterocycles. The van der Waals surface area contributed by atoms with Gasteiger partial charge in [-0.15, -0.1) is 0 Å². The molecule has 0 atom stereocenters. The molecule has 1 aliphatic rings. The lowest BCUT2D eigenvalue weighted by Gasteiger charge is -2.35. The molecule has 3 nitrogen and oxygen atoms in total. The molecule has 18 heavy (non-hydrogen) atoms. The van der Waals surface area contributed by atoms with E-state index in [0.29, 0.717) is 12.7 Å². The first-order chi connectivity index (χ1) is 8.72. The van der Waals surface area contributed by atoms with Gasteiger partial charge in [0.15, 0.2) is 0 Å². The Morgan fingerprint density at radius 1 is 1.39 bits per heavy atom. The van der Waals surface area contributed by atoms with Crippen LogP contribution < -0.4 is 10.1 Å². The van der Waals surface area contributed by atoms with E-state index in [4.69, 9.17) is 9.47 Å². The van der Waals surface area contributed by atoms with Gasteiger partial charge in [-0.05, 0) is 66.0 Å². The largest absolute Gasteiger partial charge is 0.496 e. The van der Waals surface area contributed by atoms with Crippen LogP contribution in [0.2, 0.25) is 0 Å². The highest BCUT2D eigenvalue weighted by atomic mass is 79.9. The highest BCUT2D eigenvalue weighted by Gasteiger charge is 2.28. The number of nitrogens with one attached hydrogen (secondary N) is 1. The topological polar surface area (TPSA) is 30.5 Å². The molecule has 1 aliphatic carbocycles. The molecule has 100 valence electrons. The summed E-state index contributed by atoms with van der Waals surface area (Å²) in [5, 5.41) is 3.21. The average molecular weight is 314 g/mol. The van der Waals surface area contributed by atoms with Crippen LogP contribution in [0.3, 0.4) is 0 Å². The third-order valence-corrected chi connectivity index (χ3v) is 4.01. The predicted octanol–water partition coefficient (Wildman–Crippen LogP) is 2.97. The summed E-state index contributed by atoms with van der Waals surface area (Å²) in [5.74, 6) is 1.65. The summed E-state index contributed by atoms with van der Waals surface area (Å²) in [4.78, 5) is 0. The van der Waals surface area contributed by atoms with Crippen molar-refractivity contribution in [1.29, 1.82) is 0 Å². The number of rotatable bonds is 6. The number of ether oxygens (including phenoxy) is 2. The van der Waals surface area contributed by atoms with Crippen molar-refractivity contribution in [2.24, 2.45) is 5.92 Å². The monoisotopic (exact) mass is 313 g/mol. The van der Waals surface area contributed by atoms with Gasteiger partial charge in [0.1, 0.15) is 5.75 Å². The standard InChI is InChI=1S/C14H20BrNO2/c1-16-8-11-5-12(6-11)18-9-10-3-4-14(17-2)13(15)7-10/h3-4,7,11-12,16H,5-6,8-9H2,1-2H3. The third-order valence-electron chi connectivity index (χ3n) is 3.39. The van der Waals surface area contributed by atoms with E-state index in [9.17, 15) is 0 Å². The molecule has 4 heteroatoms. The third kappa shape index (κ3) is 3.46. The van der Waals surface area contributed by atoms with Gasteiger partial charge in [0.2, 0.25) is 0 Å². The van der Waals surface area contributed by atoms with Crippen LogP contribution in [0.15, 0.2) is 22.7 Å². The van der Waals surface area contributed by atoms with Crippen molar-refractivity contribution in [3.63, 3.8) is 0 Å². The zero-order valence-electron chi connectivity index (χ0n) is 10.9. The summed E-state index contributed by atoms with van der Waals surface area (Å²) in [6.07, 6.45) is 2.79. The first-order valence-electron chi connectivity index (χ1n) is 6.31. The van der Waals surface area contributed by atoms with Crippen molar-refractivity contribution in [2.75, 3.05) is 20.7 Å². The SMILES string of the molecule is CNCC1CC(OCc2ccc(OC)c(Br)c2)C1. The Kier molecular flexibility index (Phi) is 5.03. The Bertz CT molecular complexity index is 391. The van der Waals surface area contributed by atoms with E-state index in [2.05, 4.69) is 27.3 Å². The molecule has 0 spiro atoms. The van der Waals surface area contributed by atoms with Gasteiger partial charge in [0.05, 0.1) is 24.3 Å². The predicted molar refractivity (Wildman–Crippen MR) is 75.9 cm³/mol. The zero-order chi connectivity index (χ0) is 13.0. The summed E-state index contributed by atoms with van der Waals surface area (Å²) in [5.41, 5.74) is 1.18. The minimum Gasteiger partial charge on any atom is -0.496 e. The summed E-state index contributed by atoms with van der Waals surface area (Å²) in [6.45, 7) is 1.79. The first-order valence-corrected chi connectivity index (χ1v) is 7.11. The zero-order valence-corrected chi connectivity index (χ0v) is 12.5. The van der Waals surface area contributed by atoms with E-state index in [1.807, 2.05) is 19.2 Å². The lowest BCUT2D eigenvalue weighted by Crippen LogP contribution is -2.36. The average Bonchev–Trinajstić information content (AvgIpc) is 2.32. The second kappa shape index (κ2) is 6.55. The van der Waals surface area contributed by atoms with E-state index in [0.717, 1.165) is 22.7 Å². The second-order valence-electron chi connectivity index (χ2n) is 4.80.